The second kappa shape index (κ2) is 9.07. The molecular formula is C18H19N3O5. The molecule has 8 heteroatoms. The zero-order chi connectivity index (χ0) is 18.9. The predicted molar refractivity (Wildman–Crippen MR) is 95.7 cm³/mol. The van der Waals surface area contributed by atoms with Gasteiger partial charge >= 0.3 is 0 Å². The monoisotopic (exact) mass is 357 g/mol. The fourth-order valence-electron chi connectivity index (χ4n) is 1.97. The third kappa shape index (κ3) is 5.52. The van der Waals surface area contributed by atoms with Crippen LogP contribution in [0.1, 0.15) is 15.9 Å². The van der Waals surface area contributed by atoms with Gasteiger partial charge < -0.3 is 19.9 Å². The summed E-state index contributed by atoms with van der Waals surface area (Å²) in [7, 11) is 3.01. The van der Waals surface area contributed by atoms with E-state index in [2.05, 4.69) is 10.5 Å². The first-order valence-corrected chi connectivity index (χ1v) is 7.59. The number of rotatable bonds is 8. The third-order valence-corrected chi connectivity index (χ3v) is 3.25. The lowest BCUT2D eigenvalue weighted by atomic mass is 10.2. The van der Waals surface area contributed by atoms with Crippen molar-refractivity contribution in [2.45, 2.75) is 0 Å². The van der Waals surface area contributed by atoms with Crippen molar-refractivity contribution in [3.63, 3.8) is 0 Å². The molecule has 2 aromatic rings. The minimum absolute atomic E-state index is 0.187. The number of nitrogens with two attached hydrogens (primary N) is 1. The van der Waals surface area contributed by atoms with E-state index in [-0.39, 0.29) is 6.61 Å². The normalized spacial score (nSPS) is 10.4. The standard InChI is InChI=1S/C18H19N3O5/c1-24-15-7-13(8-16(9-15)25-2)18(23)21-20-10-12-3-5-14(6-4-12)26-11-17(19)22/h3-10H,11H2,1-2H3,(H2,19,22)(H,21,23)/b20-10-. The summed E-state index contributed by atoms with van der Waals surface area (Å²) < 4.78 is 15.4. The molecule has 2 aromatic carbocycles. The number of carbonyl (C=O) groups is 2. The number of hydrogen-bond donors (Lipinski definition) is 2. The summed E-state index contributed by atoms with van der Waals surface area (Å²) in [5, 5.41) is 3.91. The Morgan fingerprint density at radius 3 is 2.19 bits per heavy atom. The van der Waals surface area contributed by atoms with Crippen molar-refractivity contribution in [2.24, 2.45) is 10.8 Å². The molecule has 136 valence electrons. The highest BCUT2D eigenvalue weighted by Crippen LogP contribution is 2.22. The molecule has 0 bridgehead atoms. The summed E-state index contributed by atoms with van der Waals surface area (Å²) >= 11 is 0. The van der Waals surface area contributed by atoms with E-state index in [1.54, 1.807) is 42.5 Å². The van der Waals surface area contributed by atoms with Crippen molar-refractivity contribution in [3.8, 4) is 17.2 Å². The largest absolute Gasteiger partial charge is 0.497 e. The Balaban J connectivity index is 1.97. The maximum absolute atomic E-state index is 12.2. The Bertz CT molecular complexity index is 781. The average molecular weight is 357 g/mol. The zero-order valence-electron chi connectivity index (χ0n) is 14.4. The Labute approximate surface area is 150 Å². The Morgan fingerprint density at radius 1 is 1.04 bits per heavy atom. The smallest absolute Gasteiger partial charge is 0.271 e. The molecule has 0 aliphatic rings. The van der Waals surface area contributed by atoms with Crippen LogP contribution in [0, 0.1) is 0 Å². The lowest BCUT2D eigenvalue weighted by Gasteiger charge is -2.07. The number of primary amides is 1. The molecule has 0 aliphatic carbocycles. The average Bonchev–Trinajstić information content (AvgIpc) is 2.66. The molecule has 26 heavy (non-hydrogen) atoms. The molecule has 0 spiro atoms. The number of carbonyl (C=O) groups excluding carboxylic acids is 2. The van der Waals surface area contributed by atoms with Crippen molar-refractivity contribution in [3.05, 3.63) is 53.6 Å². The first kappa shape index (κ1) is 18.8. The van der Waals surface area contributed by atoms with E-state index >= 15 is 0 Å². The molecule has 0 heterocycles. The quantitative estimate of drug-likeness (QED) is 0.547. The van der Waals surface area contributed by atoms with E-state index in [0.29, 0.717) is 22.8 Å². The van der Waals surface area contributed by atoms with Gasteiger partial charge in [0.05, 0.1) is 20.4 Å². The topological polar surface area (TPSA) is 112 Å². The summed E-state index contributed by atoms with van der Waals surface area (Å²) in [5.74, 6) is 0.566. The predicted octanol–water partition coefficient (Wildman–Crippen LogP) is 1.33. The second-order valence-electron chi connectivity index (χ2n) is 5.12. The fourth-order valence-corrected chi connectivity index (χ4v) is 1.97. The van der Waals surface area contributed by atoms with Crippen molar-refractivity contribution in [1.82, 2.24) is 5.43 Å². The van der Waals surface area contributed by atoms with E-state index < -0.39 is 11.8 Å². The highest BCUT2D eigenvalue weighted by Gasteiger charge is 2.09. The molecule has 0 atom stereocenters. The van der Waals surface area contributed by atoms with Crippen LogP contribution in [-0.2, 0) is 4.79 Å². The lowest BCUT2D eigenvalue weighted by Crippen LogP contribution is -2.20. The van der Waals surface area contributed by atoms with Crippen molar-refractivity contribution in [2.75, 3.05) is 20.8 Å². The van der Waals surface area contributed by atoms with Crippen molar-refractivity contribution in [1.29, 1.82) is 0 Å². The van der Waals surface area contributed by atoms with Gasteiger partial charge in [0.1, 0.15) is 17.2 Å². The third-order valence-electron chi connectivity index (χ3n) is 3.25. The summed E-state index contributed by atoms with van der Waals surface area (Å²) in [5.41, 5.74) is 8.53. The van der Waals surface area contributed by atoms with E-state index in [1.807, 2.05) is 0 Å². The van der Waals surface area contributed by atoms with Gasteiger partial charge in [-0.2, -0.15) is 5.10 Å². The van der Waals surface area contributed by atoms with Crippen LogP contribution in [0.25, 0.3) is 0 Å². The van der Waals surface area contributed by atoms with Crippen LogP contribution < -0.4 is 25.4 Å². The number of nitrogens with one attached hydrogen (secondary N) is 1. The SMILES string of the molecule is COc1cc(OC)cc(C(=O)N/N=C\c2ccc(OCC(N)=O)cc2)c1. The molecule has 2 rings (SSSR count). The number of amides is 2. The fraction of sp³-hybridized carbons (Fsp3) is 0.167. The Kier molecular flexibility index (Phi) is 6.55. The van der Waals surface area contributed by atoms with Crippen molar-refractivity contribution >= 4 is 18.0 Å². The molecule has 0 aliphatic heterocycles. The highest BCUT2D eigenvalue weighted by atomic mass is 16.5. The summed E-state index contributed by atoms with van der Waals surface area (Å²) in [6.07, 6.45) is 1.48. The minimum atomic E-state index is -0.549. The zero-order valence-corrected chi connectivity index (χ0v) is 14.4. The van der Waals surface area contributed by atoms with Crippen LogP contribution in [0.3, 0.4) is 0 Å². The number of hydrazone groups is 1. The van der Waals surface area contributed by atoms with Crippen LogP contribution in [-0.4, -0.2) is 38.9 Å². The molecule has 2 amide bonds. The maximum Gasteiger partial charge on any atom is 0.271 e. The summed E-state index contributed by atoms with van der Waals surface area (Å²) in [4.78, 5) is 22.8. The van der Waals surface area contributed by atoms with Gasteiger partial charge in [-0.05, 0) is 42.0 Å². The molecule has 8 nitrogen and oxygen atoms in total. The van der Waals surface area contributed by atoms with Crippen LogP contribution >= 0.6 is 0 Å². The van der Waals surface area contributed by atoms with Crippen LogP contribution in [0.2, 0.25) is 0 Å². The van der Waals surface area contributed by atoms with Crippen molar-refractivity contribution < 1.29 is 23.8 Å². The van der Waals surface area contributed by atoms with Gasteiger partial charge in [-0.3, -0.25) is 9.59 Å². The minimum Gasteiger partial charge on any atom is -0.497 e. The van der Waals surface area contributed by atoms with E-state index in [0.717, 1.165) is 5.56 Å². The molecule has 0 radical (unpaired) electrons. The summed E-state index contributed by atoms with van der Waals surface area (Å²) in [6.45, 7) is -0.187. The van der Waals surface area contributed by atoms with Gasteiger partial charge in [-0.25, -0.2) is 5.43 Å². The molecule has 0 unspecified atom stereocenters. The Hall–Kier alpha value is -3.55. The molecule has 0 fully saturated rings. The van der Waals surface area contributed by atoms with Gasteiger partial charge in [0.15, 0.2) is 6.61 Å². The molecule has 3 N–H and O–H groups in total. The van der Waals surface area contributed by atoms with Gasteiger partial charge in [-0.1, -0.05) is 0 Å². The number of nitrogens with zero attached hydrogens (tertiary/aromatic N) is 1. The second-order valence-corrected chi connectivity index (χ2v) is 5.12. The first-order chi connectivity index (χ1) is 12.5. The van der Waals surface area contributed by atoms with E-state index in [1.165, 1.54) is 20.4 Å². The summed E-state index contributed by atoms with van der Waals surface area (Å²) in [6, 6.07) is 11.6. The van der Waals surface area contributed by atoms with Gasteiger partial charge in [0.25, 0.3) is 11.8 Å². The number of benzene rings is 2. The Morgan fingerprint density at radius 2 is 1.65 bits per heavy atom. The first-order valence-electron chi connectivity index (χ1n) is 7.59. The lowest BCUT2D eigenvalue weighted by molar-refractivity contribution is -0.119. The van der Waals surface area contributed by atoms with Crippen LogP contribution in [0.4, 0.5) is 0 Å². The molecular weight excluding hydrogens is 338 g/mol. The van der Waals surface area contributed by atoms with Gasteiger partial charge in [0.2, 0.25) is 0 Å². The highest BCUT2D eigenvalue weighted by molar-refractivity contribution is 5.95. The molecule has 0 saturated heterocycles. The van der Waals surface area contributed by atoms with Gasteiger partial charge in [-0.15, -0.1) is 0 Å². The molecule has 0 aromatic heterocycles. The van der Waals surface area contributed by atoms with Gasteiger partial charge in [0, 0.05) is 11.6 Å². The number of hydrogen-bond acceptors (Lipinski definition) is 6. The number of methoxy groups -OCH3 is 2. The van der Waals surface area contributed by atoms with Crippen LogP contribution in [0.15, 0.2) is 47.6 Å². The number of ether oxygens (including phenoxy) is 3. The molecule has 0 saturated carbocycles. The van der Waals surface area contributed by atoms with E-state index in [4.69, 9.17) is 19.9 Å². The van der Waals surface area contributed by atoms with Crippen LogP contribution in [0.5, 0.6) is 17.2 Å². The maximum atomic E-state index is 12.2. The van der Waals surface area contributed by atoms with E-state index in [9.17, 15) is 9.59 Å².